The molecule has 1 saturated heterocycles. The summed E-state index contributed by atoms with van der Waals surface area (Å²) in [7, 11) is 0. The third-order valence-electron chi connectivity index (χ3n) is 8.04. The van der Waals surface area contributed by atoms with Gasteiger partial charge in [0.2, 0.25) is 11.8 Å². The molecular formula is C22H34N2O4. The maximum absolute atomic E-state index is 13.4. The second-order valence-corrected chi connectivity index (χ2v) is 10.8. The number of amides is 2. The lowest BCUT2D eigenvalue weighted by atomic mass is 9.49. The van der Waals surface area contributed by atoms with Crippen LogP contribution in [-0.2, 0) is 14.4 Å². The minimum atomic E-state index is -0.888. The van der Waals surface area contributed by atoms with Gasteiger partial charge in [0, 0.05) is 18.5 Å². The number of carboxylic acid groups (broad SMARTS) is 1. The van der Waals surface area contributed by atoms with E-state index in [0.717, 1.165) is 19.3 Å². The molecule has 0 aromatic rings. The summed E-state index contributed by atoms with van der Waals surface area (Å²) in [5, 5.41) is 12.6. The van der Waals surface area contributed by atoms with Gasteiger partial charge in [-0.1, -0.05) is 13.8 Å². The highest BCUT2D eigenvalue weighted by molar-refractivity contribution is 5.91. The molecule has 156 valence electrons. The van der Waals surface area contributed by atoms with Gasteiger partial charge in [0.1, 0.15) is 6.04 Å². The maximum atomic E-state index is 13.4. The molecule has 2 N–H and O–H groups in total. The lowest BCUT2D eigenvalue weighted by molar-refractivity contribution is -0.151. The molecule has 28 heavy (non-hydrogen) atoms. The first-order valence-electron chi connectivity index (χ1n) is 10.9. The van der Waals surface area contributed by atoms with Crippen LogP contribution in [0.25, 0.3) is 0 Å². The monoisotopic (exact) mass is 390 g/mol. The molecule has 0 aromatic carbocycles. The Hall–Kier alpha value is -1.59. The van der Waals surface area contributed by atoms with Crippen molar-refractivity contribution in [2.24, 2.45) is 34.5 Å². The number of nitrogens with one attached hydrogen (secondary N) is 1. The van der Waals surface area contributed by atoms with Crippen LogP contribution in [0.2, 0.25) is 0 Å². The Bertz CT molecular complexity index is 653. The van der Waals surface area contributed by atoms with Gasteiger partial charge < -0.3 is 15.3 Å². The third-order valence-corrected chi connectivity index (χ3v) is 8.04. The van der Waals surface area contributed by atoms with Crippen molar-refractivity contribution < 1.29 is 19.5 Å². The fraction of sp³-hybridized carbons (Fsp3) is 0.864. The number of nitrogens with zero attached hydrogens (tertiary/aromatic N) is 1. The first-order valence-corrected chi connectivity index (χ1v) is 10.9. The van der Waals surface area contributed by atoms with E-state index in [0.29, 0.717) is 30.7 Å². The molecule has 5 aliphatic rings. The Morgan fingerprint density at radius 3 is 2.00 bits per heavy atom. The summed E-state index contributed by atoms with van der Waals surface area (Å²) in [4.78, 5) is 39.7. The standard InChI is InChI=1S/C22H34N2O4/c1-13(2)17(18(25)24-5-4-21(3,12-24)20(27)28)23-19(26)22-9-14-6-15(10-22)8-16(7-14)11-22/h13-17H,4-12H2,1-3H3,(H,23,26)(H,27,28). The van der Waals surface area contributed by atoms with Gasteiger partial charge >= 0.3 is 5.97 Å². The van der Waals surface area contributed by atoms with Gasteiger partial charge in [-0.25, -0.2) is 0 Å². The molecule has 4 aliphatic carbocycles. The van der Waals surface area contributed by atoms with Crippen molar-refractivity contribution in [3.05, 3.63) is 0 Å². The fourth-order valence-electron chi connectivity index (χ4n) is 6.72. The molecule has 5 rings (SSSR count). The molecule has 2 unspecified atom stereocenters. The zero-order valence-corrected chi connectivity index (χ0v) is 17.4. The molecule has 0 spiro atoms. The van der Waals surface area contributed by atoms with Crippen LogP contribution in [-0.4, -0.2) is 46.9 Å². The lowest BCUT2D eigenvalue weighted by Crippen LogP contribution is -2.58. The third kappa shape index (κ3) is 3.22. The topological polar surface area (TPSA) is 86.7 Å². The highest BCUT2D eigenvalue weighted by Gasteiger charge is 2.55. The Balaban J connectivity index is 1.46. The second kappa shape index (κ2) is 6.74. The van der Waals surface area contributed by atoms with Crippen LogP contribution in [0.3, 0.4) is 0 Å². The smallest absolute Gasteiger partial charge is 0.311 e. The summed E-state index contributed by atoms with van der Waals surface area (Å²) in [6, 6.07) is -0.573. The number of carbonyl (C=O) groups excluding carboxylic acids is 2. The highest BCUT2D eigenvalue weighted by Crippen LogP contribution is 2.60. The molecule has 0 radical (unpaired) electrons. The largest absolute Gasteiger partial charge is 0.481 e. The first-order chi connectivity index (χ1) is 13.1. The Morgan fingerprint density at radius 2 is 1.57 bits per heavy atom. The van der Waals surface area contributed by atoms with E-state index in [2.05, 4.69) is 5.32 Å². The van der Waals surface area contributed by atoms with Crippen molar-refractivity contribution in [2.45, 2.75) is 71.8 Å². The van der Waals surface area contributed by atoms with E-state index in [1.807, 2.05) is 13.8 Å². The summed E-state index contributed by atoms with van der Waals surface area (Å²) in [5.74, 6) is 1.10. The van der Waals surface area contributed by atoms with Crippen LogP contribution in [0.1, 0.15) is 65.7 Å². The average molecular weight is 391 g/mol. The Morgan fingerprint density at radius 1 is 1.04 bits per heavy atom. The number of hydrogen-bond acceptors (Lipinski definition) is 3. The molecule has 6 nitrogen and oxygen atoms in total. The highest BCUT2D eigenvalue weighted by atomic mass is 16.4. The molecule has 1 heterocycles. The van der Waals surface area contributed by atoms with Gasteiger partial charge in [0.25, 0.3) is 0 Å². The van der Waals surface area contributed by atoms with Gasteiger partial charge in [-0.3, -0.25) is 14.4 Å². The summed E-state index contributed by atoms with van der Waals surface area (Å²) in [5.41, 5.74) is -1.16. The van der Waals surface area contributed by atoms with Gasteiger partial charge in [0.15, 0.2) is 0 Å². The molecule has 0 aromatic heterocycles. The Labute approximate surface area is 167 Å². The first kappa shape index (κ1) is 19.7. The fourth-order valence-corrected chi connectivity index (χ4v) is 6.72. The van der Waals surface area contributed by atoms with E-state index in [9.17, 15) is 19.5 Å². The minimum absolute atomic E-state index is 0.0259. The molecule has 6 heteroatoms. The molecule has 4 bridgehead atoms. The van der Waals surface area contributed by atoms with E-state index in [4.69, 9.17) is 0 Å². The van der Waals surface area contributed by atoms with Crippen molar-refractivity contribution in [2.75, 3.05) is 13.1 Å². The number of aliphatic carboxylic acids is 1. The van der Waals surface area contributed by atoms with Crippen LogP contribution < -0.4 is 5.32 Å². The number of likely N-dealkylation sites (tertiary alicyclic amines) is 1. The zero-order chi connectivity index (χ0) is 20.3. The van der Waals surface area contributed by atoms with Gasteiger partial charge in [-0.05, 0) is 75.5 Å². The van der Waals surface area contributed by atoms with Gasteiger partial charge in [-0.2, -0.15) is 0 Å². The molecule has 2 amide bonds. The second-order valence-electron chi connectivity index (χ2n) is 10.8. The number of carbonyl (C=O) groups is 3. The quantitative estimate of drug-likeness (QED) is 0.756. The molecular weight excluding hydrogens is 356 g/mol. The molecule has 5 fully saturated rings. The number of carboxylic acids is 1. The van der Waals surface area contributed by atoms with E-state index in [-0.39, 0.29) is 29.7 Å². The van der Waals surface area contributed by atoms with Crippen molar-refractivity contribution in [3.8, 4) is 0 Å². The van der Waals surface area contributed by atoms with Crippen LogP contribution in [0, 0.1) is 34.5 Å². The molecule has 2 atom stereocenters. The van der Waals surface area contributed by atoms with Crippen LogP contribution in [0.5, 0.6) is 0 Å². The van der Waals surface area contributed by atoms with Crippen molar-refractivity contribution >= 4 is 17.8 Å². The average Bonchev–Trinajstić information content (AvgIpc) is 3.01. The van der Waals surface area contributed by atoms with E-state index >= 15 is 0 Å². The zero-order valence-electron chi connectivity index (χ0n) is 17.4. The predicted molar refractivity (Wildman–Crippen MR) is 104 cm³/mol. The summed E-state index contributed by atoms with van der Waals surface area (Å²) in [6.45, 7) is 6.26. The van der Waals surface area contributed by atoms with E-state index in [1.165, 1.54) is 19.3 Å². The van der Waals surface area contributed by atoms with E-state index < -0.39 is 17.4 Å². The van der Waals surface area contributed by atoms with Crippen molar-refractivity contribution in [1.29, 1.82) is 0 Å². The van der Waals surface area contributed by atoms with Crippen molar-refractivity contribution in [1.82, 2.24) is 10.2 Å². The van der Waals surface area contributed by atoms with Crippen LogP contribution >= 0.6 is 0 Å². The normalized spacial score (nSPS) is 40.0. The van der Waals surface area contributed by atoms with Crippen LogP contribution in [0.4, 0.5) is 0 Å². The SMILES string of the molecule is CC(C)C(NC(=O)C12CC3CC(CC(C3)C1)C2)C(=O)N1CCC(C)(C(=O)O)C1. The van der Waals surface area contributed by atoms with E-state index in [1.54, 1.807) is 11.8 Å². The number of hydrogen-bond donors (Lipinski definition) is 2. The summed E-state index contributed by atoms with van der Waals surface area (Å²) in [6.07, 6.45) is 7.23. The summed E-state index contributed by atoms with van der Waals surface area (Å²) >= 11 is 0. The predicted octanol–water partition coefficient (Wildman–Crippen LogP) is 2.67. The lowest BCUT2D eigenvalue weighted by Gasteiger charge is -2.56. The Kier molecular flexibility index (Phi) is 4.74. The number of rotatable bonds is 5. The van der Waals surface area contributed by atoms with Crippen molar-refractivity contribution in [3.63, 3.8) is 0 Å². The molecule has 4 saturated carbocycles. The van der Waals surface area contributed by atoms with Gasteiger partial charge in [0.05, 0.1) is 5.41 Å². The van der Waals surface area contributed by atoms with Gasteiger partial charge in [-0.15, -0.1) is 0 Å². The summed E-state index contributed by atoms with van der Waals surface area (Å²) < 4.78 is 0. The molecule has 1 aliphatic heterocycles. The maximum Gasteiger partial charge on any atom is 0.311 e. The minimum Gasteiger partial charge on any atom is -0.481 e. The van der Waals surface area contributed by atoms with Crippen LogP contribution in [0.15, 0.2) is 0 Å².